The van der Waals surface area contributed by atoms with E-state index in [4.69, 9.17) is 11.6 Å². The number of rotatable bonds is 5. The molecule has 0 spiro atoms. The first-order valence-corrected chi connectivity index (χ1v) is 14.2. The first-order chi connectivity index (χ1) is 18.7. The van der Waals surface area contributed by atoms with Gasteiger partial charge >= 0.3 is 5.69 Å². The van der Waals surface area contributed by atoms with E-state index in [9.17, 15) is 18.4 Å². The molecule has 1 saturated heterocycles. The molecule has 2 aliphatic heterocycles. The number of aromatic nitrogens is 3. The maximum atomic E-state index is 13.5. The predicted octanol–water partition coefficient (Wildman–Crippen LogP) is 5.37. The molecule has 0 saturated carbocycles. The molecular weight excluding hydrogens is 544 g/mol. The maximum absolute atomic E-state index is 13.5. The van der Waals surface area contributed by atoms with Crippen LogP contribution in [0.15, 0.2) is 52.3 Å². The highest BCUT2D eigenvalue weighted by Crippen LogP contribution is 2.41. The van der Waals surface area contributed by atoms with Crippen LogP contribution < -0.4 is 21.9 Å². The van der Waals surface area contributed by atoms with E-state index in [-0.39, 0.29) is 6.54 Å². The fourth-order valence-electron chi connectivity index (χ4n) is 4.95. The van der Waals surface area contributed by atoms with Gasteiger partial charge in [0.2, 0.25) is 0 Å². The van der Waals surface area contributed by atoms with Gasteiger partial charge in [-0.1, -0.05) is 11.6 Å². The Hall–Kier alpha value is -3.08. The van der Waals surface area contributed by atoms with Crippen molar-refractivity contribution < 1.29 is 8.78 Å². The van der Waals surface area contributed by atoms with Crippen LogP contribution in [0.4, 0.5) is 14.5 Å². The van der Waals surface area contributed by atoms with Gasteiger partial charge < -0.3 is 10.6 Å². The van der Waals surface area contributed by atoms with Crippen LogP contribution >= 0.6 is 22.9 Å². The van der Waals surface area contributed by atoms with Gasteiger partial charge in [0.15, 0.2) is 0 Å². The van der Waals surface area contributed by atoms with Gasteiger partial charge in [0.1, 0.15) is 0 Å². The Kier molecular flexibility index (Phi) is 8.16. The minimum absolute atomic E-state index is 0.0276. The number of pyridine rings is 1. The SMILES string of the molecule is C1CCNC1.CC(F)(F)Cn1ccc(=O)n(Cc2cc3nccc(-c4cc(Cl)cc5c4NCCC5)c3s2)c1=O. The van der Waals surface area contributed by atoms with Gasteiger partial charge in [-0.2, -0.15) is 0 Å². The van der Waals surface area contributed by atoms with Gasteiger partial charge in [0.05, 0.1) is 23.3 Å². The lowest BCUT2D eigenvalue weighted by Crippen LogP contribution is -2.41. The molecule has 1 aromatic carbocycles. The minimum Gasteiger partial charge on any atom is -0.384 e. The number of thiophene rings is 1. The number of hydrogen-bond donors (Lipinski definition) is 2. The fourth-order valence-corrected chi connectivity index (χ4v) is 6.33. The molecule has 3 aromatic heterocycles. The molecule has 0 atom stereocenters. The summed E-state index contributed by atoms with van der Waals surface area (Å²) >= 11 is 7.84. The van der Waals surface area contributed by atoms with Crippen molar-refractivity contribution in [2.45, 2.75) is 51.6 Å². The zero-order valence-electron chi connectivity index (χ0n) is 21.6. The van der Waals surface area contributed by atoms with Gasteiger partial charge in [-0.05, 0) is 68.6 Å². The number of fused-ring (bicyclic) bond motifs is 2. The Morgan fingerprint density at radius 2 is 1.87 bits per heavy atom. The van der Waals surface area contributed by atoms with Gasteiger partial charge in [-0.3, -0.25) is 18.9 Å². The third kappa shape index (κ3) is 6.40. The van der Waals surface area contributed by atoms with Crippen molar-refractivity contribution in [2.75, 3.05) is 25.0 Å². The van der Waals surface area contributed by atoms with E-state index < -0.39 is 23.7 Å². The smallest absolute Gasteiger partial charge is 0.331 e. The summed E-state index contributed by atoms with van der Waals surface area (Å²) in [6.45, 7) is 3.29. The van der Waals surface area contributed by atoms with E-state index in [2.05, 4.69) is 15.6 Å². The summed E-state index contributed by atoms with van der Waals surface area (Å²) < 4.78 is 29.7. The van der Waals surface area contributed by atoms with Crippen LogP contribution in [0.5, 0.6) is 0 Å². The Morgan fingerprint density at radius 3 is 2.59 bits per heavy atom. The summed E-state index contributed by atoms with van der Waals surface area (Å²) in [5.41, 5.74) is 3.57. The van der Waals surface area contributed by atoms with Crippen molar-refractivity contribution in [3.8, 4) is 11.1 Å². The molecule has 4 aromatic rings. The number of benzene rings is 1. The topological polar surface area (TPSA) is 81.0 Å². The lowest BCUT2D eigenvalue weighted by atomic mass is 9.95. The van der Waals surface area contributed by atoms with Gasteiger partial charge in [0.25, 0.3) is 11.5 Å². The van der Waals surface area contributed by atoms with Crippen LogP contribution in [-0.2, 0) is 19.5 Å². The van der Waals surface area contributed by atoms with E-state index in [0.29, 0.717) is 5.02 Å². The summed E-state index contributed by atoms with van der Waals surface area (Å²) in [5, 5.41) is 7.36. The molecule has 2 N–H and O–H groups in total. The molecule has 7 nitrogen and oxygen atoms in total. The first-order valence-electron chi connectivity index (χ1n) is 13.0. The summed E-state index contributed by atoms with van der Waals surface area (Å²) in [5.74, 6) is -3.08. The summed E-state index contributed by atoms with van der Waals surface area (Å²) in [6, 6.07) is 8.80. The molecular formula is C28H30ClF2N5O2S. The highest BCUT2D eigenvalue weighted by molar-refractivity contribution is 7.19. The molecule has 1 fully saturated rings. The largest absolute Gasteiger partial charge is 0.384 e. The number of anilines is 1. The second-order valence-corrected chi connectivity index (χ2v) is 11.6. The zero-order chi connectivity index (χ0) is 27.6. The van der Waals surface area contributed by atoms with Gasteiger partial charge in [0, 0.05) is 58.6 Å². The van der Waals surface area contributed by atoms with E-state index >= 15 is 0 Å². The fraction of sp³-hybridized carbons (Fsp3) is 0.393. The second-order valence-electron chi connectivity index (χ2n) is 9.98. The van der Waals surface area contributed by atoms with Crippen LogP contribution in [0.25, 0.3) is 21.3 Å². The summed E-state index contributed by atoms with van der Waals surface area (Å²) in [6.07, 6.45) is 7.59. The molecule has 2 aliphatic rings. The third-order valence-corrected chi connectivity index (χ3v) is 8.08. The average Bonchev–Trinajstić information content (AvgIpc) is 3.60. The monoisotopic (exact) mass is 573 g/mol. The van der Waals surface area contributed by atoms with Crippen molar-refractivity contribution >= 4 is 38.8 Å². The molecule has 39 heavy (non-hydrogen) atoms. The molecule has 0 aliphatic carbocycles. The van der Waals surface area contributed by atoms with Gasteiger partial charge in [-0.15, -0.1) is 11.3 Å². The number of halogens is 3. The van der Waals surface area contributed by atoms with E-state index in [1.165, 1.54) is 42.8 Å². The van der Waals surface area contributed by atoms with E-state index in [0.717, 1.165) is 79.6 Å². The van der Waals surface area contributed by atoms with E-state index in [1.54, 1.807) is 6.20 Å². The first kappa shape index (κ1) is 27.5. The predicted molar refractivity (Wildman–Crippen MR) is 154 cm³/mol. The van der Waals surface area contributed by atoms with Crippen molar-refractivity contribution in [1.29, 1.82) is 0 Å². The quantitative estimate of drug-likeness (QED) is 0.335. The lowest BCUT2D eigenvalue weighted by molar-refractivity contribution is 0.00222. The number of alkyl halides is 2. The van der Waals surface area contributed by atoms with Crippen molar-refractivity contribution in [1.82, 2.24) is 19.4 Å². The van der Waals surface area contributed by atoms with Crippen LogP contribution in [-0.4, -0.2) is 39.7 Å². The number of nitrogens with one attached hydrogen (secondary N) is 2. The van der Waals surface area contributed by atoms with Crippen LogP contribution in [0.2, 0.25) is 5.02 Å². The van der Waals surface area contributed by atoms with E-state index in [1.807, 2.05) is 24.3 Å². The molecule has 206 valence electrons. The third-order valence-electron chi connectivity index (χ3n) is 6.72. The highest BCUT2D eigenvalue weighted by atomic mass is 35.5. The molecule has 0 bridgehead atoms. The number of nitrogens with zero attached hydrogens (tertiary/aromatic N) is 3. The molecule has 0 radical (unpaired) electrons. The highest BCUT2D eigenvalue weighted by Gasteiger charge is 2.23. The normalized spacial score (nSPS) is 15.0. The minimum atomic E-state index is -3.08. The Morgan fingerprint density at radius 1 is 1.08 bits per heavy atom. The maximum Gasteiger partial charge on any atom is 0.331 e. The second kappa shape index (κ2) is 11.6. The van der Waals surface area contributed by atoms with Crippen molar-refractivity contribution in [3.05, 3.63) is 79.0 Å². The standard InChI is InChI=1S/C24H21ClF2N4O2S.C4H9N/c1-24(26,27)13-30-8-5-20(32)31(23(30)33)12-16-11-19-22(34-16)17(4-7-28-19)18-10-15(25)9-14-3-2-6-29-21(14)18;1-2-4-5-3-1/h4-5,7-11,29H,2-3,6,12-13H2,1H3;5H,1-4H2. The molecule has 0 amide bonds. The number of hydrogen-bond acceptors (Lipinski definition) is 6. The van der Waals surface area contributed by atoms with Crippen LogP contribution in [0, 0.1) is 0 Å². The van der Waals surface area contributed by atoms with Crippen molar-refractivity contribution in [3.63, 3.8) is 0 Å². The van der Waals surface area contributed by atoms with Gasteiger partial charge in [-0.25, -0.2) is 13.6 Å². The van der Waals surface area contributed by atoms with Crippen molar-refractivity contribution in [2.24, 2.45) is 0 Å². The number of aryl methyl sites for hydroxylation is 1. The molecule has 11 heteroatoms. The Balaban J connectivity index is 0.000000555. The molecule has 6 rings (SSSR count). The Bertz CT molecular complexity index is 1600. The van der Waals surface area contributed by atoms with Crippen LogP contribution in [0.3, 0.4) is 0 Å². The van der Waals surface area contributed by atoms with Crippen LogP contribution in [0.1, 0.15) is 36.6 Å². The average molecular weight is 574 g/mol. The zero-order valence-corrected chi connectivity index (χ0v) is 23.2. The molecule has 0 unspecified atom stereocenters. The molecule has 5 heterocycles. The summed E-state index contributed by atoms with van der Waals surface area (Å²) in [7, 11) is 0. The Labute approximate surface area is 233 Å². The lowest BCUT2D eigenvalue weighted by Gasteiger charge is -2.22. The summed E-state index contributed by atoms with van der Waals surface area (Å²) in [4.78, 5) is 30.3.